The quantitative estimate of drug-likeness (QED) is 0.871. The fourth-order valence-corrected chi connectivity index (χ4v) is 3.21. The second-order valence-corrected chi connectivity index (χ2v) is 5.80. The van der Waals surface area contributed by atoms with Crippen molar-refractivity contribution in [2.45, 2.75) is 39.5 Å². The molecule has 1 amide bonds. The standard InChI is InChI=1S/C14H18BrNO/c1-9-7-12(15)8-10(2)13(9)16-14(17)11-5-3-4-6-11/h7-8,11H,3-6H2,1-2H3,(H,16,17). The summed E-state index contributed by atoms with van der Waals surface area (Å²) in [5, 5.41) is 3.09. The highest BCUT2D eigenvalue weighted by molar-refractivity contribution is 9.10. The molecule has 0 aromatic heterocycles. The van der Waals surface area contributed by atoms with Gasteiger partial charge in [0.1, 0.15) is 0 Å². The molecule has 0 unspecified atom stereocenters. The minimum atomic E-state index is 0.191. The van der Waals surface area contributed by atoms with Crippen LogP contribution in [-0.2, 0) is 4.79 Å². The minimum absolute atomic E-state index is 0.191. The van der Waals surface area contributed by atoms with Gasteiger partial charge in [-0.15, -0.1) is 0 Å². The molecule has 1 saturated carbocycles. The van der Waals surface area contributed by atoms with Gasteiger partial charge in [0.25, 0.3) is 0 Å². The van der Waals surface area contributed by atoms with Crippen molar-refractivity contribution in [2.24, 2.45) is 5.92 Å². The SMILES string of the molecule is Cc1cc(Br)cc(C)c1NC(=O)C1CCCC1. The number of benzene rings is 1. The Morgan fingerprint density at radius 2 is 1.76 bits per heavy atom. The van der Waals surface area contributed by atoms with Crippen LogP contribution < -0.4 is 5.32 Å². The highest BCUT2D eigenvalue weighted by Crippen LogP contribution is 2.29. The molecule has 1 aromatic carbocycles. The van der Waals surface area contributed by atoms with Gasteiger partial charge in [-0.3, -0.25) is 4.79 Å². The van der Waals surface area contributed by atoms with E-state index in [1.54, 1.807) is 0 Å². The van der Waals surface area contributed by atoms with Gasteiger partial charge in [0.05, 0.1) is 0 Å². The highest BCUT2D eigenvalue weighted by Gasteiger charge is 2.23. The lowest BCUT2D eigenvalue weighted by atomic mass is 10.1. The summed E-state index contributed by atoms with van der Waals surface area (Å²) in [5.74, 6) is 0.411. The van der Waals surface area contributed by atoms with Crippen LogP contribution in [0.5, 0.6) is 0 Å². The number of halogens is 1. The van der Waals surface area contributed by atoms with E-state index in [-0.39, 0.29) is 11.8 Å². The largest absolute Gasteiger partial charge is 0.325 e. The molecule has 0 aliphatic heterocycles. The number of carbonyl (C=O) groups excluding carboxylic acids is 1. The molecule has 2 rings (SSSR count). The zero-order valence-electron chi connectivity index (χ0n) is 10.3. The lowest BCUT2D eigenvalue weighted by Gasteiger charge is -2.15. The van der Waals surface area contributed by atoms with Crippen molar-refractivity contribution in [3.8, 4) is 0 Å². The van der Waals surface area contributed by atoms with Gasteiger partial charge in [0, 0.05) is 16.1 Å². The van der Waals surface area contributed by atoms with E-state index in [1.165, 1.54) is 12.8 Å². The zero-order chi connectivity index (χ0) is 12.4. The van der Waals surface area contributed by atoms with Crippen molar-refractivity contribution >= 4 is 27.5 Å². The van der Waals surface area contributed by atoms with Crippen LogP contribution in [0.4, 0.5) is 5.69 Å². The Balaban J connectivity index is 2.15. The van der Waals surface area contributed by atoms with E-state index in [9.17, 15) is 4.79 Å². The van der Waals surface area contributed by atoms with Crippen LogP contribution in [0.3, 0.4) is 0 Å². The second-order valence-electron chi connectivity index (χ2n) is 4.89. The van der Waals surface area contributed by atoms with E-state index in [2.05, 4.69) is 21.2 Å². The first-order valence-electron chi connectivity index (χ1n) is 6.15. The van der Waals surface area contributed by atoms with Crippen molar-refractivity contribution in [2.75, 3.05) is 5.32 Å². The molecule has 2 nitrogen and oxygen atoms in total. The number of amides is 1. The summed E-state index contributed by atoms with van der Waals surface area (Å²) in [6.45, 7) is 4.06. The maximum absolute atomic E-state index is 12.1. The molecule has 1 aromatic rings. The molecule has 3 heteroatoms. The fraction of sp³-hybridized carbons (Fsp3) is 0.500. The number of hydrogen-bond acceptors (Lipinski definition) is 1. The molecule has 1 fully saturated rings. The van der Waals surface area contributed by atoms with Crippen LogP contribution in [0, 0.1) is 19.8 Å². The Labute approximate surface area is 111 Å². The smallest absolute Gasteiger partial charge is 0.227 e. The summed E-state index contributed by atoms with van der Waals surface area (Å²) in [6.07, 6.45) is 4.47. The Morgan fingerprint density at radius 1 is 1.24 bits per heavy atom. The first-order valence-corrected chi connectivity index (χ1v) is 6.95. The molecule has 0 saturated heterocycles. The molecule has 17 heavy (non-hydrogen) atoms. The van der Waals surface area contributed by atoms with Crippen LogP contribution in [0.1, 0.15) is 36.8 Å². The number of nitrogens with one attached hydrogen (secondary N) is 1. The van der Waals surface area contributed by atoms with Crippen LogP contribution in [0.15, 0.2) is 16.6 Å². The third kappa shape index (κ3) is 2.89. The third-order valence-electron chi connectivity index (χ3n) is 3.47. The average Bonchev–Trinajstić information content (AvgIpc) is 2.76. The zero-order valence-corrected chi connectivity index (χ0v) is 11.9. The van der Waals surface area contributed by atoms with Gasteiger partial charge in [-0.2, -0.15) is 0 Å². The van der Waals surface area contributed by atoms with Gasteiger partial charge in [0.2, 0.25) is 5.91 Å². The maximum atomic E-state index is 12.1. The van der Waals surface area contributed by atoms with E-state index in [0.29, 0.717) is 0 Å². The Hall–Kier alpha value is -0.830. The lowest BCUT2D eigenvalue weighted by Crippen LogP contribution is -2.21. The fourth-order valence-electron chi connectivity index (χ4n) is 2.52. The van der Waals surface area contributed by atoms with E-state index >= 15 is 0 Å². The molecule has 0 heterocycles. The molecule has 1 N–H and O–H groups in total. The van der Waals surface area contributed by atoms with Gasteiger partial charge >= 0.3 is 0 Å². The Morgan fingerprint density at radius 3 is 2.29 bits per heavy atom. The summed E-state index contributed by atoms with van der Waals surface area (Å²) in [5.41, 5.74) is 3.21. The van der Waals surface area contributed by atoms with Gasteiger partial charge in [-0.25, -0.2) is 0 Å². The first-order chi connectivity index (χ1) is 8.08. The molecular formula is C14H18BrNO. The normalized spacial score (nSPS) is 16.2. The van der Waals surface area contributed by atoms with E-state index in [0.717, 1.165) is 34.1 Å². The van der Waals surface area contributed by atoms with Crippen LogP contribution in [-0.4, -0.2) is 5.91 Å². The van der Waals surface area contributed by atoms with Gasteiger partial charge < -0.3 is 5.32 Å². The first kappa shape index (κ1) is 12.6. The molecule has 1 aliphatic rings. The van der Waals surface area contributed by atoms with Gasteiger partial charge in [-0.1, -0.05) is 28.8 Å². The predicted molar refractivity (Wildman–Crippen MR) is 74.2 cm³/mol. The molecule has 0 atom stereocenters. The van der Waals surface area contributed by atoms with Crippen molar-refractivity contribution in [1.29, 1.82) is 0 Å². The molecule has 92 valence electrons. The molecule has 0 bridgehead atoms. The predicted octanol–water partition coefficient (Wildman–Crippen LogP) is 4.19. The van der Waals surface area contributed by atoms with Crippen molar-refractivity contribution in [3.05, 3.63) is 27.7 Å². The summed E-state index contributed by atoms with van der Waals surface area (Å²) >= 11 is 3.47. The summed E-state index contributed by atoms with van der Waals surface area (Å²) in [7, 11) is 0. The maximum Gasteiger partial charge on any atom is 0.227 e. The van der Waals surface area contributed by atoms with Gasteiger partial charge in [0.15, 0.2) is 0 Å². The Bertz CT molecular complexity index is 413. The van der Waals surface area contributed by atoms with Crippen LogP contribution in [0.25, 0.3) is 0 Å². The number of carbonyl (C=O) groups is 1. The lowest BCUT2D eigenvalue weighted by molar-refractivity contribution is -0.119. The second kappa shape index (κ2) is 5.21. The molecule has 0 radical (unpaired) electrons. The summed E-state index contributed by atoms with van der Waals surface area (Å²) in [6, 6.07) is 4.08. The third-order valence-corrected chi connectivity index (χ3v) is 3.93. The molecule has 1 aliphatic carbocycles. The number of anilines is 1. The van der Waals surface area contributed by atoms with Gasteiger partial charge in [-0.05, 0) is 49.9 Å². The van der Waals surface area contributed by atoms with Crippen molar-refractivity contribution in [1.82, 2.24) is 0 Å². The summed E-state index contributed by atoms with van der Waals surface area (Å²) in [4.78, 5) is 12.1. The number of hydrogen-bond donors (Lipinski definition) is 1. The van der Waals surface area contributed by atoms with E-state index in [1.807, 2.05) is 26.0 Å². The van der Waals surface area contributed by atoms with E-state index in [4.69, 9.17) is 0 Å². The summed E-state index contributed by atoms with van der Waals surface area (Å²) < 4.78 is 1.06. The van der Waals surface area contributed by atoms with E-state index < -0.39 is 0 Å². The number of rotatable bonds is 2. The molecule has 0 spiro atoms. The van der Waals surface area contributed by atoms with Crippen LogP contribution >= 0.6 is 15.9 Å². The minimum Gasteiger partial charge on any atom is -0.325 e. The topological polar surface area (TPSA) is 29.1 Å². The van der Waals surface area contributed by atoms with Crippen molar-refractivity contribution < 1.29 is 4.79 Å². The number of aryl methyl sites for hydroxylation is 2. The van der Waals surface area contributed by atoms with Crippen LogP contribution in [0.2, 0.25) is 0 Å². The Kier molecular flexibility index (Phi) is 3.87. The average molecular weight is 296 g/mol. The highest BCUT2D eigenvalue weighted by atomic mass is 79.9. The molecular weight excluding hydrogens is 278 g/mol. The van der Waals surface area contributed by atoms with Crippen molar-refractivity contribution in [3.63, 3.8) is 0 Å². The monoisotopic (exact) mass is 295 g/mol.